The number of hydrogen-bond donors (Lipinski definition) is 1. The van der Waals surface area contributed by atoms with Crippen LogP contribution in [0.4, 0.5) is 4.39 Å². The van der Waals surface area contributed by atoms with Crippen LogP contribution in [0.1, 0.15) is 51.2 Å². The molecule has 5 heterocycles. The van der Waals surface area contributed by atoms with Crippen molar-refractivity contribution in [3.8, 4) is 11.8 Å². The molecule has 38 heavy (non-hydrogen) atoms. The number of amides is 1. The molecule has 1 amide bonds. The molecule has 1 aromatic carbocycles. The molecule has 1 N–H and O–H groups in total. The quantitative estimate of drug-likeness (QED) is 0.420. The molecule has 2 aliphatic heterocycles. The van der Waals surface area contributed by atoms with E-state index in [1.54, 1.807) is 18.7 Å². The molecule has 1 unspecified atom stereocenters. The fourth-order valence-electron chi connectivity index (χ4n) is 6.18. The summed E-state index contributed by atoms with van der Waals surface area (Å²) in [6.07, 6.45) is 3.75. The molecule has 1 saturated heterocycles. The first-order chi connectivity index (χ1) is 18.4. The number of rotatable bonds is 4. The standard InChI is InChI=1S/C30H28FN5O2/c1-18-9-19(5-7-30-13-22(30)14-35(2)16-30)10-24(33-18)29(37)34-27(21-4-3-20-6-8-38-26(20)11-21)28-25-12-23(31)15-36(25)17-32-28/h3-4,6,8-11,17,22-23,27H,12-16H2,1-2H3,(H,34,37)/t22-,23-,27?,30+/m1/s1. The summed E-state index contributed by atoms with van der Waals surface area (Å²) >= 11 is 0. The topological polar surface area (TPSA) is 76.2 Å². The van der Waals surface area contributed by atoms with Gasteiger partial charge in [-0.25, -0.2) is 14.4 Å². The lowest BCUT2D eigenvalue weighted by atomic mass is 9.99. The number of aryl methyl sites for hydroxylation is 1. The van der Waals surface area contributed by atoms with E-state index in [4.69, 9.17) is 4.42 Å². The van der Waals surface area contributed by atoms with E-state index in [1.807, 2.05) is 41.8 Å². The van der Waals surface area contributed by atoms with Crippen LogP contribution in [0.5, 0.6) is 0 Å². The highest BCUT2D eigenvalue weighted by Crippen LogP contribution is 2.56. The number of piperidine rings is 1. The van der Waals surface area contributed by atoms with E-state index < -0.39 is 12.2 Å². The van der Waals surface area contributed by atoms with E-state index in [0.717, 1.165) is 47.4 Å². The maximum atomic E-state index is 14.2. The monoisotopic (exact) mass is 509 g/mol. The zero-order valence-corrected chi connectivity index (χ0v) is 21.4. The molecule has 0 spiro atoms. The van der Waals surface area contributed by atoms with Gasteiger partial charge in [0.25, 0.3) is 5.91 Å². The van der Waals surface area contributed by atoms with Crippen molar-refractivity contribution in [3.05, 3.63) is 82.9 Å². The van der Waals surface area contributed by atoms with Crippen LogP contribution in [-0.2, 0) is 13.0 Å². The average molecular weight is 510 g/mol. The maximum absolute atomic E-state index is 14.2. The van der Waals surface area contributed by atoms with Crippen molar-refractivity contribution in [1.82, 2.24) is 24.8 Å². The van der Waals surface area contributed by atoms with Gasteiger partial charge in [0, 0.05) is 47.3 Å². The molecule has 1 saturated carbocycles. The summed E-state index contributed by atoms with van der Waals surface area (Å²) in [5.74, 6) is 7.14. The lowest BCUT2D eigenvalue weighted by molar-refractivity contribution is 0.0937. The summed E-state index contributed by atoms with van der Waals surface area (Å²) in [5, 5.41) is 4.10. The molecule has 0 radical (unpaired) electrons. The van der Waals surface area contributed by atoms with Gasteiger partial charge >= 0.3 is 0 Å². The van der Waals surface area contributed by atoms with E-state index in [-0.39, 0.29) is 24.3 Å². The first-order valence-corrected chi connectivity index (χ1v) is 13.0. The number of benzene rings is 1. The summed E-state index contributed by atoms with van der Waals surface area (Å²) in [6.45, 7) is 4.25. The first-order valence-electron chi connectivity index (χ1n) is 13.0. The molecule has 3 aromatic heterocycles. The number of fused-ring (bicyclic) bond motifs is 3. The fraction of sp³-hybridized carbons (Fsp3) is 0.367. The second-order valence-electron chi connectivity index (χ2n) is 11.0. The van der Waals surface area contributed by atoms with Gasteiger partial charge in [-0.2, -0.15) is 0 Å². The van der Waals surface area contributed by atoms with Crippen LogP contribution in [0, 0.1) is 30.1 Å². The van der Waals surface area contributed by atoms with Crippen LogP contribution in [0.3, 0.4) is 0 Å². The fourth-order valence-corrected chi connectivity index (χ4v) is 6.18. The van der Waals surface area contributed by atoms with Crippen molar-refractivity contribution in [2.75, 3.05) is 20.1 Å². The van der Waals surface area contributed by atoms with Crippen molar-refractivity contribution < 1.29 is 13.6 Å². The number of aromatic nitrogens is 3. The molecule has 192 valence electrons. The van der Waals surface area contributed by atoms with Gasteiger partial charge in [-0.15, -0.1) is 0 Å². The zero-order valence-electron chi connectivity index (χ0n) is 21.4. The van der Waals surface area contributed by atoms with Crippen LogP contribution in [0.25, 0.3) is 11.0 Å². The van der Waals surface area contributed by atoms with Crippen LogP contribution < -0.4 is 5.32 Å². The number of pyridine rings is 1. The number of carbonyl (C=O) groups excluding carboxylic acids is 1. The van der Waals surface area contributed by atoms with Crippen molar-refractivity contribution in [1.29, 1.82) is 0 Å². The number of carbonyl (C=O) groups is 1. The number of halogens is 1. The van der Waals surface area contributed by atoms with E-state index >= 15 is 0 Å². The number of alkyl halides is 1. The highest BCUT2D eigenvalue weighted by Gasteiger charge is 2.58. The number of imidazole rings is 1. The van der Waals surface area contributed by atoms with Crippen molar-refractivity contribution in [2.24, 2.45) is 11.3 Å². The van der Waals surface area contributed by atoms with Crippen molar-refractivity contribution in [3.63, 3.8) is 0 Å². The molecule has 4 atom stereocenters. The minimum Gasteiger partial charge on any atom is -0.464 e. The summed E-state index contributed by atoms with van der Waals surface area (Å²) in [6, 6.07) is 10.8. The molecule has 7 rings (SSSR count). The lowest BCUT2D eigenvalue weighted by Gasteiger charge is -2.19. The van der Waals surface area contributed by atoms with Gasteiger partial charge in [-0.3, -0.25) is 4.79 Å². The smallest absolute Gasteiger partial charge is 0.270 e. The van der Waals surface area contributed by atoms with Gasteiger partial charge in [0.05, 0.1) is 30.9 Å². The second kappa shape index (κ2) is 8.53. The Hall–Kier alpha value is -3.96. The third kappa shape index (κ3) is 3.98. The summed E-state index contributed by atoms with van der Waals surface area (Å²) in [7, 11) is 2.14. The molecule has 4 aromatic rings. The van der Waals surface area contributed by atoms with Gasteiger partial charge in [-0.05, 0) is 56.1 Å². The molecule has 7 nitrogen and oxygen atoms in total. The lowest BCUT2D eigenvalue weighted by Crippen LogP contribution is -2.31. The normalized spacial score (nSPS) is 24.5. The molecule has 8 heteroatoms. The van der Waals surface area contributed by atoms with E-state index in [9.17, 15) is 9.18 Å². The minimum absolute atomic E-state index is 0.0969. The summed E-state index contributed by atoms with van der Waals surface area (Å²) < 4.78 is 21.7. The maximum Gasteiger partial charge on any atom is 0.270 e. The SMILES string of the molecule is Cc1cc(C#C[C@@]23C[C@@H]2CN(C)C3)cc(C(=O)NC(c2ccc3ccoc3c2)c2ncn3c2C[C@@H](F)C3)n1. The average Bonchev–Trinajstić information content (AvgIpc) is 3.35. The minimum atomic E-state index is -0.958. The molecule has 3 aliphatic rings. The highest BCUT2D eigenvalue weighted by atomic mass is 19.1. The number of likely N-dealkylation sites (tertiary alicyclic amines) is 1. The van der Waals surface area contributed by atoms with Crippen LogP contribution in [-0.4, -0.2) is 51.7 Å². The largest absolute Gasteiger partial charge is 0.464 e. The third-order valence-electron chi connectivity index (χ3n) is 8.11. The second-order valence-corrected chi connectivity index (χ2v) is 11.0. The van der Waals surface area contributed by atoms with Gasteiger partial charge in [0.15, 0.2) is 0 Å². The van der Waals surface area contributed by atoms with E-state index in [1.165, 1.54) is 0 Å². The molecule has 0 bridgehead atoms. The first kappa shape index (κ1) is 23.2. The Kier molecular flexibility index (Phi) is 5.21. The Morgan fingerprint density at radius 3 is 3.00 bits per heavy atom. The van der Waals surface area contributed by atoms with Crippen LogP contribution in [0.15, 0.2) is 53.4 Å². The predicted molar refractivity (Wildman–Crippen MR) is 140 cm³/mol. The van der Waals surface area contributed by atoms with Crippen LogP contribution in [0.2, 0.25) is 0 Å². The summed E-state index contributed by atoms with van der Waals surface area (Å²) in [5.41, 5.74) is 4.86. The summed E-state index contributed by atoms with van der Waals surface area (Å²) in [4.78, 5) is 25.1. The van der Waals surface area contributed by atoms with Crippen molar-refractivity contribution >= 4 is 16.9 Å². The highest BCUT2D eigenvalue weighted by molar-refractivity contribution is 5.93. The number of nitrogens with one attached hydrogen (secondary N) is 1. The van der Waals surface area contributed by atoms with Gasteiger partial charge in [-0.1, -0.05) is 24.0 Å². The van der Waals surface area contributed by atoms with Gasteiger partial charge < -0.3 is 19.2 Å². The van der Waals surface area contributed by atoms with E-state index in [0.29, 0.717) is 22.9 Å². The molecule has 1 aliphatic carbocycles. The number of nitrogens with zero attached hydrogens (tertiary/aromatic N) is 4. The van der Waals surface area contributed by atoms with Gasteiger partial charge in [0.1, 0.15) is 17.4 Å². The number of furan rings is 1. The Morgan fingerprint density at radius 2 is 2.16 bits per heavy atom. The van der Waals surface area contributed by atoms with E-state index in [2.05, 4.69) is 39.1 Å². The van der Waals surface area contributed by atoms with Gasteiger partial charge in [0.2, 0.25) is 0 Å². The molecule has 2 fully saturated rings. The Labute approximate surface area is 220 Å². The number of hydrogen-bond acceptors (Lipinski definition) is 5. The molecular weight excluding hydrogens is 481 g/mol. The Balaban J connectivity index is 1.21. The van der Waals surface area contributed by atoms with Crippen molar-refractivity contribution in [2.45, 2.75) is 38.5 Å². The third-order valence-corrected chi connectivity index (χ3v) is 8.11. The molecular formula is C30H28FN5O2. The zero-order chi connectivity index (χ0) is 26.0. The Bertz CT molecular complexity index is 1650. The predicted octanol–water partition coefficient (Wildman–Crippen LogP) is 4.05. The van der Waals surface area contributed by atoms with Crippen LogP contribution >= 0.6 is 0 Å². The Morgan fingerprint density at radius 1 is 1.26 bits per heavy atom.